The van der Waals surface area contributed by atoms with Gasteiger partial charge in [-0.15, -0.1) is 0 Å². The van der Waals surface area contributed by atoms with E-state index in [-0.39, 0.29) is 0 Å². The first-order chi connectivity index (χ1) is 10.6. The molecule has 0 saturated carbocycles. The van der Waals surface area contributed by atoms with Crippen molar-refractivity contribution in [2.24, 2.45) is 0 Å². The minimum Gasteiger partial charge on any atom is -0.503 e. The minimum absolute atomic E-state index is 0.292. The maximum absolute atomic E-state index is 10.2. The van der Waals surface area contributed by atoms with Crippen molar-refractivity contribution >= 4 is 5.76 Å². The molecule has 0 radical (unpaired) electrons. The Morgan fingerprint density at radius 2 is 1.91 bits per heavy atom. The second kappa shape index (κ2) is 8.00. The predicted molar refractivity (Wildman–Crippen MR) is 89.1 cm³/mol. The molecule has 1 aliphatic rings. The lowest BCUT2D eigenvalue weighted by molar-refractivity contribution is -0.830. The van der Waals surface area contributed by atoms with Crippen molar-refractivity contribution in [1.82, 2.24) is 4.90 Å². The van der Waals surface area contributed by atoms with Crippen LogP contribution in [0.1, 0.15) is 5.56 Å². The van der Waals surface area contributed by atoms with Gasteiger partial charge in [0.25, 0.3) is 0 Å². The molecule has 0 unspecified atom stereocenters. The Labute approximate surface area is 133 Å². The summed E-state index contributed by atoms with van der Waals surface area (Å²) in [5.41, 5.74) is 0.829. The average molecular weight is 301 g/mol. The van der Waals surface area contributed by atoms with E-state index in [2.05, 4.69) is 16.7 Å². The number of quaternary nitrogens is 1. The van der Waals surface area contributed by atoms with Crippen LogP contribution in [0, 0.1) is 11.8 Å². The third-order valence-electron chi connectivity index (χ3n) is 3.56. The van der Waals surface area contributed by atoms with Gasteiger partial charge in [0.2, 0.25) is 0 Å². The Morgan fingerprint density at radius 3 is 2.59 bits per heavy atom. The molecule has 0 aromatic heterocycles. The molecule has 22 heavy (non-hydrogen) atoms. The standard InChI is InChI=1S/C18H24N2O2/c1-20(2,16-18(21)17-8-4-3-5-9-17)13-7-6-10-19-11-14-22-15-12-19/h3-5,8-9,16H,10-15H2,1-2H3/p+1/b18-16-. The lowest BCUT2D eigenvalue weighted by Gasteiger charge is -2.24. The Bertz CT molecular complexity index is 549. The highest BCUT2D eigenvalue weighted by Crippen LogP contribution is 2.13. The van der Waals surface area contributed by atoms with Crippen LogP contribution in [-0.4, -0.2) is 68.0 Å². The number of hydrogen-bond acceptors (Lipinski definition) is 3. The van der Waals surface area contributed by atoms with Crippen LogP contribution in [-0.2, 0) is 4.74 Å². The van der Waals surface area contributed by atoms with Gasteiger partial charge in [0, 0.05) is 18.7 Å². The van der Waals surface area contributed by atoms with E-state index in [9.17, 15) is 5.11 Å². The normalized spacial score (nSPS) is 16.9. The molecule has 1 fully saturated rings. The molecule has 1 aromatic carbocycles. The van der Waals surface area contributed by atoms with Gasteiger partial charge in [-0.25, -0.2) is 0 Å². The summed E-state index contributed by atoms with van der Waals surface area (Å²) in [5.74, 6) is 6.72. The summed E-state index contributed by atoms with van der Waals surface area (Å²) < 4.78 is 5.84. The predicted octanol–water partition coefficient (Wildman–Crippen LogP) is 1.96. The zero-order chi connectivity index (χ0) is 15.8. The van der Waals surface area contributed by atoms with Gasteiger partial charge in [-0.05, 0) is 5.92 Å². The smallest absolute Gasteiger partial charge is 0.176 e. The molecule has 1 saturated heterocycles. The number of benzene rings is 1. The molecule has 0 bridgehead atoms. The fourth-order valence-corrected chi connectivity index (χ4v) is 2.25. The van der Waals surface area contributed by atoms with Gasteiger partial charge in [-0.3, -0.25) is 9.38 Å². The zero-order valence-electron chi connectivity index (χ0n) is 13.5. The van der Waals surface area contributed by atoms with Crippen LogP contribution >= 0.6 is 0 Å². The number of rotatable bonds is 4. The van der Waals surface area contributed by atoms with Crippen molar-refractivity contribution in [2.75, 3.05) is 53.5 Å². The van der Waals surface area contributed by atoms with Gasteiger partial charge < -0.3 is 9.84 Å². The molecule has 1 aliphatic heterocycles. The lowest BCUT2D eigenvalue weighted by Crippen LogP contribution is -2.37. The van der Waals surface area contributed by atoms with Crippen LogP contribution in [0.2, 0.25) is 0 Å². The molecular formula is C18H25N2O2+. The largest absolute Gasteiger partial charge is 0.503 e. The van der Waals surface area contributed by atoms with Crippen molar-refractivity contribution in [3.05, 3.63) is 42.1 Å². The molecule has 118 valence electrons. The summed E-state index contributed by atoms with van der Waals surface area (Å²) in [6, 6.07) is 9.57. The monoisotopic (exact) mass is 301 g/mol. The molecule has 2 rings (SSSR count). The second-order valence-corrected chi connectivity index (χ2v) is 6.06. The first-order valence-corrected chi connectivity index (χ1v) is 7.62. The van der Waals surface area contributed by atoms with E-state index >= 15 is 0 Å². The molecular weight excluding hydrogens is 276 g/mol. The molecule has 4 nitrogen and oxygen atoms in total. The van der Waals surface area contributed by atoms with E-state index in [1.165, 1.54) is 0 Å². The summed E-state index contributed by atoms with van der Waals surface area (Å²) in [4.78, 5) is 2.30. The highest BCUT2D eigenvalue weighted by Gasteiger charge is 2.13. The second-order valence-electron chi connectivity index (χ2n) is 6.06. The summed E-state index contributed by atoms with van der Waals surface area (Å²) in [5, 5.41) is 10.2. The first kappa shape index (κ1) is 16.6. The molecule has 4 heteroatoms. The van der Waals surface area contributed by atoms with E-state index in [1.807, 2.05) is 50.6 Å². The van der Waals surface area contributed by atoms with Crippen molar-refractivity contribution in [3.63, 3.8) is 0 Å². The van der Waals surface area contributed by atoms with E-state index in [4.69, 9.17) is 4.74 Å². The highest BCUT2D eigenvalue weighted by atomic mass is 16.5. The van der Waals surface area contributed by atoms with Gasteiger partial charge in [-0.2, -0.15) is 0 Å². The summed E-state index contributed by atoms with van der Waals surface area (Å²) in [6.07, 6.45) is 1.83. The van der Waals surface area contributed by atoms with Crippen LogP contribution in [0.15, 0.2) is 36.5 Å². The van der Waals surface area contributed by atoms with Gasteiger partial charge in [0.1, 0.15) is 12.7 Å². The van der Waals surface area contributed by atoms with Crippen molar-refractivity contribution < 1.29 is 14.3 Å². The topological polar surface area (TPSA) is 32.7 Å². The number of aliphatic hydroxyl groups is 1. The average Bonchev–Trinajstić information content (AvgIpc) is 2.53. The van der Waals surface area contributed by atoms with Crippen LogP contribution < -0.4 is 0 Å². The van der Waals surface area contributed by atoms with E-state index in [1.54, 1.807) is 0 Å². The number of nitrogens with zero attached hydrogens (tertiary/aromatic N) is 2. The molecule has 1 N–H and O–H groups in total. The maximum atomic E-state index is 10.2. The van der Waals surface area contributed by atoms with Crippen molar-refractivity contribution in [2.45, 2.75) is 0 Å². The van der Waals surface area contributed by atoms with Gasteiger partial charge in [0.05, 0.1) is 33.9 Å². The summed E-state index contributed by atoms with van der Waals surface area (Å²) in [7, 11) is 4.06. The third-order valence-corrected chi connectivity index (χ3v) is 3.56. The Balaban J connectivity index is 1.88. The first-order valence-electron chi connectivity index (χ1n) is 7.62. The fourth-order valence-electron chi connectivity index (χ4n) is 2.25. The van der Waals surface area contributed by atoms with Crippen LogP contribution in [0.5, 0.6) is 0 Å². The molecule has 0 amide bonds. The zero-order valence-corrected chi connectivity index (χ0v) is 13.5. The molecule has 0 atom stereocenters. The van der Waals surface area contributed by atoms with E-state index in [0.717, 1.165) is 38.4 Å². The molecule has 0 spiro atoms. The van der Waals surface area contributed by atoms with Crippen LogP contribution in [0.4, 0.5) is 0 Å². The Hall–Kier alpha value is -1.80. The number of hydrogen-bond donors (Lipinski definition) is 1. The minimum atomic E-state index is 0.292. The van der Waals surface area contributed by atoms with Gasteiger partial charge >= 0.3 is 0 Å². The van der Waals surface area contributed by atoms with E-state index in [0.29, 0.717) is 16.8 Å². The number of ether oxygens (including phenoxy) is 1. The maximum Gasteiger partial charge on any atom is 0.176 e. The van der Waals surface area contributed by atoms with Gasteiger partial charge in [-0.1, -0.05) is 36.3 Å². The quantitative estimate of drug-likeness (QED) is 0.524. The summed E-state index contributed by atoms with van der Waals surface area (Å²) >= 11 is 0. The lowest BCUT2D eigenvalue weighted by atomic mass is 10.2. The Kier molecular flexibility index (Phi) is 6.02. The van der Waals surface area contributed by atoms with Gasteiger partial charge in [0.15, 0.2) is 5.76 Å². The SMILES string of the molecule is C[N+](C)(/C=C(\O)c1ccccc1)CC#CCN1CCOCC1. The van der Waals surface area contributed by atoms with Crippen LogP contribution in [0.25, 0.3) is 5.76 Å². The van der Waals surface area contributed by atoms with Crippen molar-refractivity contribution in [1.29, 1.82) is 0 Å². The molecule has 1 heterocycles. The van der Waals surface area contributed by atoms with Crippen molar-refractivity contribution in [3.8, 4) is 11.8 Å². The molecule has 1 aromatic rings. The highest BCUT2D eigenvalue weighted by molar-refractivity contribution is 5.56. The number of morpholine rings is 1. The number of aliphatic hydroxyl groups excluding tert-OH is 1. The van der Waals surface area contributed by atoms with E-state index < -0.39 is 0 Å². The third kappa shape index (κ3) is 5.53. The summed E-state index contributed by atoms with van der Waals surface area (Å²) in [6.45, 7) is 4.98. The fraction of sp³-hybridized carbons (Fsp3) is 0.444. The Morgan fingerprint density at radius 1 is 1.23 bits per heavy atom. The van der Waals surface area contributed by atoms with Crippen LogP contribution in [0.3, 0.4) is 0 Å². The molecule has 0 aliphatic carbocycles.